The van der Waals surface area contributed by atoms with E-state index in [0.29, 0.717) is 5.91 Å². The lowest BCUT2D eigenvalue weighted by molar-refractivity contribution is -0.132. The van der Waals surface area contributed by atoms with Crippen LogP contribution in [0.3, 0.4) is 0 Å². The molecule has 0 radical (unpaired) electrons. The van der Waals surface area contributed by atoms with Gasteiger partial charge >= 0.3 is 0 Å². The molecule has 1 heterocycles. The fourth-order valence-corrected chi connectivity index (χ4v) is 4.04. The van der Waals surface area contributed by atoms with Gasteiger partial charge in [-0.25, -0.2) is 0 Å². The first-order chi connectivity index (χ1) is 8.70. The summed E-state index contributed by atoms with van der Waals surface area (Å²) in [5, 5.41) is 3.51. The quantitative estimate of drug-likeness (QED) is 0.816. The summed E-state index contributed by atoms with van der Waals surface area (Å²) in [5.41, 5.74) is -0.151. The van der Waals surface area contributed by atoms with Crippen molar-refractivity contribution >= 4 is 5.91 Å². The number of carbonyl (C=O) groups is 1. The van der Waals surface area contributed by atoms with Gasteiger partial charge in [-0.3, -0.25) is 10.1 Å². The van der Waals surface area contributed by atoms with Crippen LogP contribution in [0.15, 0.2) is 0 Å². The van der Waals surface area contributed by atoms with Crippen molar-refractivity contribution in [1.82, 2.24) is 10.2 Å². The van der Waals surface area contributed by atoms with E-state index in [1.54, 1.807) is 0 Å². The Kier molecular flexibility index (Phi) is 3.35. The largest absolute Gasteiger partial charge is 0.328 e. The second-order valence-corrected chi connectivity index (χ2v) is 6.78. The molecule has 1 saturated heterocycles. The zero-order valence-corrected chi connectivity index (χ0v) is 11.6. The van der Waals surface area contributed by atoms with E-state index in [-0.39, 0.29) is 5.54 Å². The van der Waals surface area contributed by atoms with E-state index in [4.69, 9.17) is 0 Å². The molecule has 1 amide bonds. The monoisotopic (exact) mass is 250 g/mol. The lowest BCUT2D eigenvalue weighted by Gasteiger charge is -2.30. The summed E-state index contributed by atoms with van der Waals surface area (Å²) in [7, 11) is 0. The van der Waals surface area contributed by atoms with Crippen LogP contribution in [-0.4, -0.2) is 29.6 Å². The van der Waals surface area contributed by atoms with Crippen molar-refractivity contribution in [3.63, 3.8) is 0 Å². The van der Waals surface area contributed by atoms with Gasteiger partial charge in [0.25, 0.3) is 0 Å². The number of carbonyl (C=O) groups excluding carboxylic acids is 1. The van der Waals surface area contributed by atoms with Crippen LogP contribution >= 0.6 is 0 Å². The summed E-state index contributed by atoms with van der Waals surface area (Å²) < 4.78 is 0. The van der Waals surface area contributed by atoms with Gasteiger partial charge in [-0.2, -0.15) is 0 Å². The third-order valence-electron chi connectivity index (χ3n) is 5.38. The zero-order chi connectivity index (χ0) is 12.6. The average molecular weight is 250 g/mol. The van der Waals surface area contributed by atoms with Crippen molar-refractivity contribution in [3.05, 3.63) is 0 Å². The maximum atomic E-state index is 12.5. The van der Waals surface area contributed by atoms with Gasteiger partial charge < -0.3 is 4.90 Å². The number of nitrogens with one attached hydrogen (secondary N) is 1. The van der Waals surface area contributed by atoms with Crippen molar-refractivity contribution in [2.45, 2.75) is 63.8 Å². The van der Waals surface area contributed by atoms with Gasteiger partial charge in [0.15, 0.2) is 0 Å². The van der Waals surface area contributed by atoms with Crippen molar-refractivity contribution < 1.29 is 4.79 Å². The zero-order valence-electron chi connectivity index (χ0n) is 11.6. The molecular weight excluding hydrogens is 224 g/mol. The molecule has 102 valence electrons. The molecule has 0 aromatic carbocycles. The van der Waals surface area contributed by atoms with E-state index < -0.39 is 0 Å². The number of amides is 1. The number of hydrogen-bond donors (Lipinski definition) is 1. The Morgan fingerprint density at radius 2 is 1.89 bits per heavy atom. The summed E-state index contributed by atoms with van der Waals surface area (Å²) in [6.45, 7) is 4.15. The highest BCUT2D eigenvalue weighted by atomic mass is 16.2. The Morgan fingerprint density at radius 3 is 2.56 bits per heavy atom. The third kappa shape index (κ3) is 2.18. The highest BCUT2D eigenvalue weighted by Crippen LogP contribution is 2.36. The van der Waals surface area contributed by atoms with Crippen LogP contribution in [0.5, 0.6) is 0 Å². The first kappa shape index (κ1) is 12.5. The summed E-state index contributed by atoms with van der Waals surface area (Å²) in [5.74, 6) is 2.05. The summed E-state index contributed by atoms with van der Waals surface area (Å²) in [4.78, 5) is 14.6. The Morgan fingerprint density at radius 1 is 1.22 bits per heavy atom. The second-order valence-electron chi connectivity index (χ2n) is 6.78. The van der Waals surface area contributed by atoms with E-state index in [1.165, 1.54) is 38.5 Å². The fraction of sp³-hybridized carbons (Fsp3) is 0.933. The van der Waals surface area contributed by atoms with Crippen LogP contribution in [0.2, 0.25) is 0 Å². The molecule has 3 heteroatoms. The van der Waals surface area contributed by atoms with Crippen LogP contribution in [0, 0.1) is 11.8 Å². The van der Waals surface area contributed by atoms with Gasteiger partial charge in [-0.15, -0.1) is 0 Å². The molecular formula is C15H26N2O. The van der Waals surface area contributed by atoms with Crippen LogP contribution in [0.4, 0.5) is 0 Å². The average Bonchev–Trinajstić information content (AvgIpc) is 2.96. The molecule has 0 aromatic rings. The van der Waals surface area contributed by atoms with Gasteiger partial charge in [0, 0.05) is 6.54 Å². The SMILES string of the molecule is CC1CCC(CN2CNC3(CCCC3)C2=O)CC1. The van der Waals surface area contributed by atoms with Crippen molar-refractivity contribution in [1.29, 1.82) is 0 Å². The molecule has 3 aliphatic rings. The molecule has 1 aliphatic heterocycles. The molecule has 2 saturated carbocycles. The van der Waals surface area contributed by atoms with E-state index in [9.17, 15) is 4.79 Å². The van der Waals surface area contributed by atoms with Crippen molar-refractivity contribution in [3.8, 4) is 0 Å². The van der Waals surface area contributed by atoms with Gasteiger partial charge in [0.05, 0.1) is 12.2 Å². The highest BCUT2D eigenvalue weighted by Gasteiger charge is 2.48. The van der Waals surface area contributed by atoms with E-state index in [1.807, 2.05) is 0 Å². The molecule has 0 bridgehead atoms. The normalized spacial score (nSPS) is 35.6. The van der Waals surface area contributed by atoms with Gasteiger partial charge in [-0.05, 0) is 37.5 Å². The molecule has 1 N–H and O–H groups in total. The lowest BCUT2D eigenvalue weighted by Crippen LogP contribution is -2.44. The van der Waals surface area contributed by atoms with E-state index in [2.05, 4.69) is 17.1 Å². The Balaban J connectivity index is 1.56. The minimum absolute atomic E-state index is 0.151. The maximum absolute atomic E-state index is 12.5. The predicted molar refractivity (Wildman–Crippen MR) is 72.0 cm³/mol. The van der Waals surface area contributed by atoms with Crippen molar-refractivity contribution in [2.24, 2.45) is 11.8 Å². The molecule has 3 fully saturated rings. The lowest BCUT2D eigenvalue weighted by atomic mass is 9.83. The highest BCUT2D eigenvalue weighted by molar-refractivity contribution is 5.88. The standard InChI is InChI=1S/C15H26N2O/c1-12-4-6-13(7-5-12)10-17-11-16-15(14(17)18)8-2-3-9-15/h12-13,16H,2-11H2,1H3. The first-order valence-corrected chi connectivity index (χ1v) is 7.74. The van der Waals surface area contributed by atoms with Crippen LogP contribution in [0.1, 0.15) is 58.3 Å². The maximum Gasteiger partial charge on any atom is 0.243 e. The minimum atomic E-state index is -0.151. The van der Waals surface area contributed by atoms with Crippen molar-refractivity contribution in [2.75, 3.05) is 13.2 Å². The van der Waals surface area contributed by atoms with Gasteiger partial charge in [0.1, 0.15) is 0 Å². The smallest absolute Gasteiger partial charge is 0.243 e. The first-order valence-electron chi connectivity index (χ1n) is 7.74. The topological polar surface area (TPSA) is 32.3 Å². The third-order valence-corrected chi connectivity index (χ3v) is 5.38. The molecule has 18 heavy (non-hydrogen) atoms. The number of rotatable bonds is 2. The molecule has 1 spiro atoms. The Labute approximate surface area is 110 Å². The number of hydrogen-bond acceptors (Lipinski definition) is 2. The number of nitrogens with zero attached hydrogens (tertiary/aromatic N) is 1. The molecule has 3 rings (SSSR count). The molecule has 0 unspecified atom stereocenters. The van der Waals surface area contributed by atoms with Gasteiger partial charge in [0.2, 0.25) is 5.91 Å². The molecule has 0 atom stereocenters. The Hall–Kier alpha value is -0.570. The predicted octanol–water partition coefficient (Wildman–Crippen LogP) is 2.51. The Bertz CT molecular complexity index is 314. The van der Waals surface area contributed by atoms with E-state index in [0.717, 1.165) is 37.9 Å². The molecule has 2 aliphatic carbocycles. The van der Waals surface area contributed by atoms with E-state index >= 15 is 0 Å². The summed E-state index contributed by atoms with van der Waals surface area (Å²) in [6, 6.07) is 0. The molecule has 0 aromatic heterocycles. The summed E-state index contributed by atoms with van der Waals surface area (Å²) in [6.07, 6.45) is 9.89. The molecule has 3 nitrogen and oxygen atoms in total. The van der Waals surface area contributed by atoms with Crippen LogP contribution < -0.4 is 5.32 Å². The summed E-state index contributed by atoms with van der Waals surface area (Å²) >= 11 is 0. The second kappa shape index (κ2) is 4.84. The van der Waals surface area contributed by atoms with Crippen LogP contribution in [0.25, 0.3) is 0 Å². The van der Waals surface area contributed by atoms with Gasteiger partial charge in [-0.1, -0.05) is 32.6 Å². The fourth-order valence-electron chi connectivity index (χ4n) is 4.04. The minimum Gasteiger partial charge on any atom is -0.328 e. The van der Waals surface area contributed by atoms with Crippen LogP contribution in [-0.2, 0) is 4.79 Å².